The topological polar surface area (TPSA) is 36.9 Å². The van der Waals surface area contributed by atoms with Crippen molar-refractivity contribution in [3.63, 3.8) is 0 Å². The molecule has 0 bridgehead atoms. The lowest BCUT2D eigenvalue weighted by Crippen LogP contribution is -2.18. The molecule has 0 unspecified atom stereocenters. The van der Waals surface area contributed by atoms with Gasteiger partial charge in [0.15, 0.2) is 0 Å². The minimum atomic E-state index is -0.118. The SMILES string of the molecule is COc1ccc(Cc2ccc(OCCOc3ccc(C(C)(C)c4ccc(OC)cc4)cc3)cc2)cc1. The van der Waals surface area contributed by atoms with Crippen molar-refractivity contribution in [1.82, 2.24) is 0 Å². The molecule has 0 spiro atoms. The zero-order chi connectivity index (χ0) is 25.4. The van der Waals surface area contributed by atoms with E-state index < -0.39 is 0 Å². The predicted octanol–water partition coefficient (Wildman–Crippen LogP) is 7.08. The summed E-state index contributed by atoms with van der Waals surface area (Å²) in [6, 6.07) is 32.9. The lowest BCUT2D eigenvalue weighted by molar-refractivity contribution is 0.217. The molecule has 0 aliphatic heterocycles. The Morgan fingerprint density at radius 2 is 0.806 bits per heavy atom. The fourth-order valence-electron chi connectivity index (χ4n) is 4.14. The molecular weight excluding hydrogens is 448 g/mol. The van der Waals surface area contributed by atoms with Gasteiger partial charge >= 0.3 is 0 Å². The Morgan fingerprint density at radius 1 is 0.472 bits per heavy atom. The van der Waals surface area contributed by atoms with Crippen LogP contribution in [0.25, 0.3) is 0 Å². The van der Waals surface area contributed by atoms with Gasteiger partial charge in [0.05, 0.1) is 14.2 Å². The first-order chi connectivity index (χ1) is 17.5. The summed E-state index contributed by atoms with van der Waals surface area (Å²) >= 11 is 0. The van der Waals surface area contributed by atoms with Crippen molar-refractivity contribution in [3.8, 4) is 23.0 Å². The summed E-state index contributed by atoms with van der Waals surface area (Å²) in [6.07, 6.45) is 0.874. The van der Waals surface area contributed by atoms with Crippen LogP contribution in [0.5, 0.6) is 23.0 Å². The third-order valence-corrected chi connectivity index (χ3v) is 6.50. The first kappa shape index (κ1) is 25.2. The van der Waals surface area contributed by atoms with Crippen LogP contribution in [0.1, 0.15) is 36.1 Å². The van der Waals surface area contributed by atoms with E-state index in [1.165, 1.54) is 22.3 Å². The van der Waals surface area contributed by atoms with Crippen molar-refractivity contribution >= 4 is 0 Å². The van der Waals surface area contributed by atoms with E-state index in [9.17, 15) is 0 Å². The van der Waals surface area contributed by atoms with E-state index in [0.29, 0.717) is 13.2 Å². The fraction of sp³-hybridized carbons (Fsp3) is 0.250. The molecular formula is C32H34O4. The summed E-state index contributed by atoms with van der Waals surface area (Å²) in [4.78, 5) is 0. The standard InChI is InChI=1S/C32H34O4/c1-32(2,26-9-17-29(34-4)18-10-26)27-11-19-31(20-12-27)36-22-21-35-30-15-7-25(8-16-30)23-24-5-13-28(33-3)14-6-24/h5-20H,21-23H2,1-4H3. The highest BCUT2D eigenvalue weighted by Crippen LogP contribution is 2.33. The van der Waals surface area contributed by atoms with Crippen LogP contribution in [-0.2, 0) is 11.8 Å². The molecule has 4 rings (SSSR count). The molecule has 0 N–H and O–H groups in total. The first-order valence-corrected chi connectivity index (χ1v) is 12.2. The van der Waals surface area contributed by atoms with E-state index in [4.69, 9.17) is 18.9 Å². The van der Waals surface area contributed by atoms with Gasteiger partial charge in [0.2, 0.25) is 0 Å². The molecule has 0 aliphatic rings. The second-order valence-corrected chi connectivity index (χ2v) is 9.24. The second-order valence-electron chi connectivity index (χ2n) is 9.24. The zero-order valence-corrected chi connectivity index (χ0v) is 21.5. The van der Waals surface area contributed by atoms with Crippen LogP contribution >= 0.6 is 0 Å². The number of hydrogen-bond acceptors (Lipinski definition) is 4. The van der Waals surface area contributed by atoms with Gasteiger partial charge in [-0.1, -0.05) is 62.4 Å². The molecule has 0 saturated carbocycles. The Labute approximate surface area is 214 Å². The molecule has 0 heterocycles. The first-order valence-electron chi connectivity index (χ1n) is 12.2. The Kier molecular flexibility index (Phi) is 8.17. The van der Waals surface area contributed by atoms with Gasteiger partial charge in [0.1, 0.15) is 36.2 Å². The van der Waals surface area contributed by atoms with Crippen LogP contribution < -0.4 is 18.9 Å². The highest BCUT2D eigenvalue weighted by molar-refractivity contribution is 5.42. The molecule has 0 saturated heterocycles. The van der Waals surface area contributed by atoms with Crippen LogP contribution in [0, 0.1) is 0 Å². The Bertz CT molecular complexity index is 1210. The molecule has 36 heavy (non-hydrogen) atoms. The van der Waals surface area contributed by atoms with E-state index in [1.807, 2.05) is 48.5 Å². The van der Waals surface area contributed by atoms with E-state index >= 15 is 0 Å². The maximum atomic E-state index is 5.90. The maximum absolute atomic E-state index is 5.90. The van der Waals surface area contributed by atoms with E-state index in [2.05, 4.69) is 62.4 Å². The van der Waals surface area contributed by atoms with E-state index in [1.54, 1.807) is 14.2 Å². The van der Waals surface area contributed by atoms with Gasteiger partial charge < -0.3 is 18.9 Å². The van der Waals surface area contributed by atoms with Crippen molar-refractivity contribution in [3.05, 3.63) is 119 Å². The predicted molar refractivity (Wildman–Crippen MR) is 145 cm³/mol. The molecule has 4 aromatic carbocycles. The van der Waals surface area contributed by atoms with Crippen molar-refractivity contribution in [1.29, 1.82) is 0 Å². The Balaban J connectivity index is 1.24. The molecule has 0 radical (unpaired) electrons. The fourth-order valence-corrected chi connectivity index (χ4v) is 4.14. The smallest absolute Gasteiger partial charge is 0.122 e. The lowest BCUT2D eigenvalue weighted by atomic mass is 9.78. The molecule has 4 aromatic rings. The van der Waals surface area contributed by atoms with Crippen LogP contribution in [0.3, 0.4) is 0 Å². The Hall–Kier alpha value is -3.92. The minimum Gasteiger partial charge on any atom is -0.497 e. The summed E-state index contributed by atoms with van der Waals surface area (Å²) in [5.74, 6) is 3.42. The lowest BCUT2D eigenvalue weighted by Gasteiger charge is -2.26. The number of hydrogen-bond donors (Lipinski definition) is 0. The van der Waals surface area contributed by atoms with Gasteiger partial charge in [-0.2, -0.15) is 0 Å². The minimum absolute atomic E-state index is 0.118. The van der Waals surface area contributed by atoms with Crippen molar-refractivity contribution in [2.45, 2.75) is 25.7 Å². The molecule has 0 amide bonds. The molecule has 0 aromatic heterocycles. The van der Waals surface area contributed by atoms with Gasteiger partial charge in [-0.3, -0.25) is 0 Å². The number of methoxy groups -OCH3 is 2. The van der Waals surface area contributed by atoms with Gasteiger partial charge in [0.25, 0.3) is 0 Å². The zero-order valence-electron chi connectivity index (χ0n) is 21.5. The van der Waals surface area contributed by atoms with Crippen molar-refractivity contribution < 1.29 is 18.9 Å². The summed E-state index contributed by atoms with van der Waals surface area (Å²) in [7, 11) is 3.37. The number of rotatable bonds is 11. The molecule has 4 nitrogen and oxygen atoms in total. The van der Waals surface area contributed by atoms with Gasteiger partial charge in [-0.25, -0.2) is 0 Å². The van der Waals surface area contributed by atoms with Crippen LogP contribution in [-0.4, -0.2) is 27.4 Å². The van der Waals surface area contributed by atoms with Gasteiger partial charge in [-0.15, -0.1) is 0 Å². The normalized spacial score (nSPS) is 11.1. The summed E-state index contributed by atoms with van der Waals surface area (Å²) in [5, 5.41) is 0. The third kappa shape index (κ3) is 6.39. The van der Waals surface area contributed by atoms with Crippen LogP contribution in [0.15, 0.2) is 97.1 Å². The molecule has 0 aliphatic carbocycles. The third-order valence-electron chi connectivity index (χ3n) is 6.50. The van der Waals surface area contributed by atoms with E-state index in [0.717, 1.165) is 29.4 Å². The summed E-state index contributed by atoms with van der Waals surface area (Å²) in [5.41, 5.74) is 4.83. The molecule has 186 valence electrons. The summed E-state index contributed by atoms with van der Waals surface area (Å²) < 4.78 is 22.3. The van der Waals surface area contributed by atoms with Crippen LogP contribution in [0.4, 0.5) is 0 Å². The highest BCUT2D eigenvalue weighted by atomic mass is 16.5. The second kappa shape index (κ2) is 11.7. The summed E-state index contributed by atoms with van der Waals surface area (Å²) in [6.45, 7) is 5.41. The molecule has 4 heteroatoms. The average molecular weight is 483 g/mol. The quantitative estimate of drug-likeness (QED) is 0.214. The Morgan fingerprint density at radius 3 is 1.19 bits per heavy atom. The van der Waals surface area contributed by atoms with Gasteiger partial charge in [-0.05, 0) is 77.2 Å². The number of ether oxygens (including phenoxy) is 4. The van der Waals surface area contributed by atoms with Crippen molar-refractivity contribution in [2.75, 3.05) is 27.4 Å². The molecule has 0 fully saturated rings. The highest BCUT2D eigenvalue weighted by Gasteiger charge is 2.23. The largest absolute Gasteiger partial charge is 0.497 e. The molecule has 0 atom stereocenters. The van der Waals surface area contributed by atoms with Crippen LogP contribution in [0.2, 0.25) is 0 Å². The van der Waals surface area contributed by atoms with E-state index in [-0.39, 0.29) is 5.41 Å². The average Bonchev–Trinajstić information content (AvgIpc) is 2.93. The van der Waals surface area contributed by atoms with Gasteiger partial charge in [0, 0.05) is 5.41 Å². The maximum Gasteiger partial charge on any atom is 0.122 e. The van der Waals surface area contributed by atoms with Crippen molar-refractivity contribution in [2.24, 2.45) is 0 Å². The number of benzene rings is 4. The monoisotopic (exact) mass is 482 g/mol.